The van der Waals surface area contributed by atoms with Gasteiger partial charge in [0.05, 0.1) is 6.54 Å². The summed E-state index contributed by atoms with van der Waals surface area (Å²) in [7, 11) is 0. The minimum absolute atomic E-state index is 0.333. The first-order valence-electron chi connectivity index (χ1n) is 10.3. The van der Waals surface area contributed by atoms with E-state index in [0.29, 0.717) is 18.5 Å². The number of hydrogen-bond acceptors (Lipinski definition) is 5. The molecule has 0 amide bonds. The van der Waals surface area contributed by atoms with Gasteiger partial charge in [0.25, 0.3) is 0 Å². The van der Waals surface area contributed by atoms with Gasteiger partial charge in [-0.05, 0) is 38.2 Å². The second-order valence-electron chi connectivity index (χ2n) is 6.95. The van der Waals surface area contributed by atoms with E-state index in [1.54, 1.807) is 6.33 Å². The molecule has 0 aromatic carbocycles. The van der Waals surface area contributed by atoms with Gasteiger partial charge in [0.2, 0.25) is 5.88 Å². The van der Waals surface area contributed by atoms with E-state index in [2.05, 4.69) is 49.2 Å². The van der Waals surface area contributed by atoms with E-state index in [-0.39, 0.29) is 0 Å². The van der Waals surface area contributed by atoms with Gasteiger partial charge in [-0.3, -0.25) is 0 Å². The summed E-state index contributed by atoms with van der Waals surface area (Å²) in [5.74, 6) is 2.50. The van der Waals surface area contributed by atoms with Gasteiger partial charge in [0, 0.05) is 38.3 Å². The van der Waals surface area contributed by atoms with Gasteiger partial charge in [-0.1, -0.05) is 13.0 Å². The summed E-state index contributed by atoms with van der Waals surface area (Å²) in [5.41, 5.74) is 1.06. The van der Waals surface area contributed by atoms with Crippen LogP contribution in [0.15, 0.2) is 29.6 Å². The monoisotopic (exact) mass is 385 g/mol. The zero-order valence-corrected chi connectivity index (χ0v) is 16.9. The average Bonchev–Trinajstić information content (AvgIpc) is 3.39. The molecule has 0 atom stereocenters. The summed E-state index contributed by atoms with van der Waals surface area (Å²) >= 11 is 0. The van der Waals surface area contributed by atoms with Crippen molar-refractivity contribution in [3.05, 3.63) is 36.0 Å². The zero-order chi connectivity index (χ0) is 19.6. The van der Waals surface area contributed by atoms with Crippen LogP contribution in [0, 0.1) is 0 Å². The van der Waals surface area contributed by atoms with Gasteiger partial charge in [-0.2, -0.15) is 0 Å². The van der Waals surface area contributed by atoms with Gasteiger partial charge in [-0.15, -0.1) is 10.2 Å². The van der Waals surface area contributed by atoms with Crippen molar-refractivity contribution in [2.24, 2.45) is 4.99 Å². The normalized spacial score (nSPS) is 15.0. The Morgan fingerprint density at radius 3 is 2.82 bits per heavy atom. The van der Waals surface area contributed by atoms with Gasteiger partial charge in [0.1, 0.15) is 18.3 Å². The Bertz CT molecular complexity index is 735. The highest BCUT2D eigenvalue weighted by atomic mass is 16.5. The SMILES string of the molecule is CCNC(=NCc1ccc(OC2CCCC2)nc1)NCCn1cnnc1CC. The van der Waals surface area contributed by atoms with E-state index in [1.807, 2.05) is 18.3 Å². The quantitative estimate of drug-likeness (QED) is 0.509. The lowest BCUT2D eigenvalue weighted by Gasteiger charge is -2.13. The van der Waals surface area contributed by atoms with E-state index in [9.17, 15) is 0 Å². The van der Waals surface area contributed by atoms with Crippen molar-refractivity contribution in [3.8, 4) is 5.88 Å². The summed E-state index contributed by atoms with van der Waals surface area (Å²) < 4.78 is 7.98. The summed E-state index contributed by atoms with van der Waals surface area (Å²) in [6, 6.07) is 3.98. The molecule has 1 saturated carbocycles. The molecule has 2 aromatic rings. The first kappa shape index (κ1) is 20.1. The molecule has 3 rings (SSSR count). The number of ether oxygens (including phenoxy) is 1. The first-order chi connectivity index (χ1) is 13.8. The Hall–Kier alpha value is -2.64. The molecule has 1 aliphatic rings. The van der Waals surface area contributed by atoms with Crippen molar-refractivity contribution in [2.45, 2.75) is 65.1 Å². The number of nitrogens with one attached hydrogen (secondary N) is 2. The minimum atomic E-state index is 0.333. The molecule has 152 valence electrons. The van der Waals surface area contributed by atoms with Crippen molar-refractivity contribution in [3.63, 3.8) is 0 Å². The molecular formula is C20H31N7O. The third-order valence-electron chi connectivity index (χ3n) is 4.81. The molecule has 2 N–H and O–H groups in total. The molecule has 2 heterocycles. The van der Waals surface area contributed by atoms with Crippen molar-refractivity contribution < 1.29 is 4.74 Å². The highest BCUT2D eigenvalue weighted by molar-refractivity contribution is 5.79. The smallest absolute Gasteiger partial charge is 0.213 e. The maximum absolute atomic E-state index is 5.92. The second-order valence-corrected chi connectivity index (χ2v) is 6.95. The van der Waals surface area contributed by atoms with Crippen LogP contribution in [0.25, 0.3) is 0 Å². The lowest BCUT2D eigenvalue weighted by atomic mass is 10.3. The fourth-order valence-corrected chi connectivity index (χ4v) is 3.30. The Morgan fingerprint density at radius 2 is 2.11 bits per heavy atom. The maximum atomic E-state index is 5.92. The van der Waals surface area contributed by atoms with Crippen LogP contribution in [0.1, 0.15) is 50.9 Å². The molecule has 8 heteroatoms. The molecule has 0 radical (unpaired) electrons. The second kappa shape index (κ2) is 10.6. The van der Waals surface area contributed by atoms with Crippen LogP contribution in [-0.4, -0.2) is 44.9 Å². The number of hydrogen-bond donors (Lipinski definition) is 2. The fourth-order valence-electron chi connectivity index (χ4n) is 3.30. The lowest BCUT2D eigenvalue weighted by molar-refractivity contribution is 0.201. The highest BCUT2D eigenvalue weighted by Crippen LogP contribution is 2.22. The summed E-state index contributed by atoms with van der Waals surface area (Å²) in [6.45, 7) is 7.07. The predicted molar refractivity (Wildman–Crippen MR) is 109 cm³/mol. The Labute approximate surface area is 166 Å². The van der Waals surface area contributed by atoms with Crippen molar-refractivity contribution >= 4 is 5.96 Å². The number of nitrogens with zero attached hydrogens (tertiary/aromatic N) is 5. The van der Waals surface area contributed by atoms with Crippen molar-refractivity contribution in [2.75, 3.05) is 13.1 Å². The van der Waals surface area contributed by atoms with Crippen molar-refractivity contribution in [1.82, 2.24) is 30.4 Å². The molecule has 28 heavy (non-hydrogen) atoms. The van der Waals surface area contributed by atoms with Crippen LogP contribution in [0.2, 0.25) is 0 Å². The van der Waals surface area contributed by atoms with Gasteiger partial charge in [-0.25, -0.2) is 9.98 Å². The van der Waals surface area contributed by atoms with Gasteiger partial charge in [0.15, 0.2) is 5.96 Å². The number of guanidine groups is 1. The number of pyridine rings is 1. The van der Waals surface area contributed by atoms with Crippen LogP contribution in [0.4, 0.5) is 0 Å². The maximum Gasteiger partial charge on any atom is 0.213 e. The van der Waals surface area contributed by atoms with Crippen LogP contribution in [0.3, 0.4) is 0 Å². The Morgan fingerprint density at radius 1 is 1.25 bits per heavy atom. The van der Waals surface area contributed by atoms with E-state index in [0.717, 1.165) is 56.2 Å². The largest absolute Gasteiger partial charge is 0.474 e. The third kappa shape index (κ3) is 5.94. The Balaban J connectivity index is 1.48. The average molecular weight is 386 g/mol. The van der Waals surface area contributed by atoms with E-state index < -0.39 is 0 Å². The van der Waals surface area contributed by atoms with E-state index >= 15 is 0 Å². The summed E-state index contributed by atoms with van der Waals surface area (Å²) in [4.78, 5) is 9.08. The third-order valence-corrected chi connectivity index (χ3v) is 4.81. The molecule has 2 aromatic heterocycles. The molecular weight excluding hydrogens is 354 g/mol. The Kier molecular flexibility index (Phi) is 7.63. The number of aromatic nitrogens is 4. The van der Waals surface area contributed by atoms with Crippen molar-refractivity contribution in [1.29, 1.82) is 0 Å². The fraction of sp³-hybridized carbons (Fsp3) is 0.600. The standard InChI is InChI=1S/C20H31N7O/c1-3-18-26-25-15-27(18)12-11-22-20(21-4-2)24-14-16-9-10-19(23-13-16)28-17-7-5-6-8-17/h9-10,13,15,17H,3-8,11-12,14H2,1-2H3,(H2,21,22,24). The van der Waals surface area contributed by atoms with E-state index in [1.165, 1.54) is 12.8 Å². The molecule has 1 aliphatic carbocycles. The van der Waals surface area contributed by atoms with Crippen LogP contribution < -0.4 is 15.4 Å². The molecule has 1 fully saturated rings. The minimum Gasteiger partial charge on any atom is -0.474 e. The molecule has 0 saturated heterocycles. The van der Waals surface area contributed by atoms with E-state index in [4.69, 9.17) is 4.74 Å². The molecule has 0 unspecified atom stereocenters. The number of aliphatic imine (C=N–C) groups is 1. The molecule has 8 nitrogen and oxygen atoms in total. The van der Waals surface area contributed by atoms with Gasteiger partial charge >= 0.3 is 0 Å². The van der Waals surface area contributed by atoms with Crippen LogP contribution in [-0.2, 0) is 19.5 Å². The molecule has 0 bridgehead atoms. The lowest BCUT2D eigenvalue weighted by Crippen LogP contribution is -2.38. The zero-order valence-electron chi connectivity index (χ0n) is 16.9. The molecule has 0 spiro atoms. The molecule has 0 aliphatic heterocycles. The van der Waals surface area contributed by atoms with Crippen LogP contribution in [0.5, 0.6) is 5.88 Å². The van der Waals surface area contributed by atoms with Crippen LogP contribution >= 0.6 is 0 Å². The number of rotatable bonds is 9. The first-order valence-corrected chi connectivity index (χ1v) is 10.3. The summed E-state index contributed by atoms with van der Waals surface area (Å²) in [6.07, 6.45) is 9.62. The summed E-state index contributed by atoms with van der Waals surface area (Å²) in [5, 5.41) is 14.7. The predicted octanol–water partition coefficient (Wildman–Crippen LogP) is 2.31. The van der Waals surface area contributed by atoms with Gasteiger partial charge < -0.3 is 19.9 Å². The topological polar surface area (TPSA) is 89.3 Å². The highest BCUT2D eigenvalue weighted by Gasteiger charge is 2.16. The number of aryl methyl sites for hydroxylation is 1.